The van der Waals surface area contributed by atoms with Crippen LogP contribution >= 0.6 is 11.6 Å². The molecule has 8 heteroatoms. The highest BCUT2D eigenvalue weighted by molar-refractivity contribution is 6.31. The lowest BCUT2D eigenvalue weighted by atomic mass is 10.1. The molecule has 1 aliphatic rings. The van der Waals surface area contributed by atoms with Gasteiger partial charge in [0.1, 0.15) is 5.75 Å². The van der Waals surface area contributed by atoms with Crippen molar-refractivity contribution in [2.45, 2.75) is 13.0 Å². The van der Waals surface area contributed by atoms with Gasteiger partial charge in [0.05, 0.1) is 11.6 Å². The van der Waals surface area contributed by atoms with Gasteiger partial charge in [0, 0.05) is 5.02 Å². The van der Waals surface area contributed by atoms with E-state index in [9.17, 15) is 9.59 Å². The van der Waals surface area contributed by atoms with Crippen LogP contribution in [0.15, 0.2) is 36.4 Å². The van der Waals surface area contributed by atoms with Crippen molar-refractivity contribution in [1.82, 2.24) is 5.32 Å². The molecule has 0 radical (unpaired) electrons. The van der Waals surface area contributed by atoms with E-state index in [1.54, 1.807) is 12.1 Å². The summed E-state index contributed by atoms with van der Waals surface area (Å²) in [6.07, 6.45) is 0. The molecule has 1 atom stereocenters. The van der Waals surface area contributed by atoms with Crippen molar-refractivity contribution in [3.05, 3.63) is 52.5 Å². The summed E-state index contributed by atoms with van der Waals surface area (Å²) in [5.41, 5.74) is 6.28. The van der Waals surface area contributed by atoms with Crippen molar-refractivity contribution < 1.29 is 23.8 Å². The van der Waals surface area contributed by atoms with Crippen molar-refractivity contribution in [3.63, 3.8) is 0 Å². The Morgan fingerprint density at radius 2 is 2.00 bits per heavy atom. The van der Waals surface area contributed by atoms with Gasteiger partial charge in [-0.25, -0.2) is 0 Å². The van der Waals surface area contributed by atoms with Gasteiger partial charge in [-0.15, -0.1) is 0 Å². The van der Waals surface area contributed by atoms with Gasteiger partial charge < -0.3 is 25.3 Å². The first-order valence-electron chi connectivity index (χ1n) is 7.85. The molecule has 26 heavy (non-hydrogen) atoms. The predicted octanol–water partition coefficient (Wildman–Crippen LogP) is 2.42. The highest BCUT2D eigenvalue weighted by Gasteiger charge is 2.17. The van der Waals surface area contributed by atoms with Crippen molar-refractivity contribution >= 4 is 23.4 Å². The first-order chi connectivity index (χ1) is 12.4. The lowest BCUT2D eigenvalue weighted by Gasteiger charge is -2.16. The number of hydrogen-bond acceptors (Lipinski definition) is 5. The Balaban J connectivity index is 1.60. The summed E-state index contributed by atoms with van der Waals surface area (Å²) >= 11 is 5.84. The van der Waals surface area contributed by atoms with E-state index in [-0.39, 0.29) is 36.7 Å². The van der Waals surface area contributed by atoms with E-state index in [1.807, 2.05) is 19.1 Å². The fraction of sp³-hybridized carbons (Fsp3) is 0.222. The standard InChI is InChI=1S/C18H17ClN2O5/c1-10(11-2-4-15-16(6-11)26-9-25-15)21-17(22)8-24-14-5-3-12(19)7-13(14)18(20)23/h2-7,10H,8-9H2,1H3,(H2,20,23)(H,21,22)/t10-/m0/s1. The Morgan fingerprint density at radius 1 is 1.23 bits per heavy atom. The molecule has 1 heterocycles. The summed E-state index contributed by atoms with van der Waals surface area (Å²) in [7, 11) is 0. The molecule has 0 bridgehead atoms. The van der Waals surface area contributed by atoms with Crippen LogP contribution in [-0.2, 0) is 4.79 Å². The summed E-state index contributed by atoms with van der Waals surface area (Å²) in [6, 6.07) is 9.65. The van der Waals surface area contributed by atoms with E-state index < -0.39 is 5.91 Å². The Kier molecular flexibility index (Phi) is 5.18. The van der Waals surface area contributed by atoms with Crippen molar-refractivity contribution in [3.8, 4) is 17.2 Å². The summed E-state index contributed by atoms with van der Waals surface area (Å²) < 4.78 is 16.0. The zero-order valence-corrected chi connectivity index (χ0v) is 14.7. The van der Waals surface area contributed by atoms with Crippen LogP contribution in [-0.4, -0.2) is 25.2 Å². The van der Waals surface area contributed by atoms with Gasteiger partial charge in [0.2, 0.25) is 6.79 Å². The van der Waals surface area contributed by atoms with Gasteiger partial charge in [-0.05, 0) is 42.8 Å². The number of rotatable bonds is 6. The highest BCUT2D eigenvalue weighted by Crippen LogP contribution is 2.34. The fourth-order valence-corrected chi connectivity index (χ4v) is 2.68. The molecule has 0 saturated heterocycles. The maximum absolute atomic E-state index is 12.1. The molecule has 0 fully saturated rings. The third-order valence-corrected chi connectivity index (χ3v) is 4.08. The lowest BCUT2D eigenvalue weighted by Crippen LogP contribution is -2.31. The normalized spacial score (nSPS) is 13.2. The number of halogens is 1. The van der Waals surface area contributed by atoms with Crippen LogP contribution < -0.4 is 25.3 Å². The summed E-state index contributed by atoms with van der Waals surface area (Å²) in [4.78, 5) is 23.6. The number of primary amides is 1. The molecule has 2 aromatic rings. The smallest absolute Gasteiger partial charge is 0.258 e. The van der Waals surface area contributed by atoms with Crippen molar-refractivity contribution in [2.24, 2.45) is 5.73 Å². The van der Waals surface area contributed by atoms with Gasteiger partial charge in [0.25, 0.3) is 11.8 Å². The maximum atomic E-state index is 12.1. The number of carbonyl (C=O) groups is 2. The van der Waals surface area contributed by atoms with E-state index in [4.69, 9.17) is 31.5 Å². The zero-order chi connectivity index (χ0) is 18.7. The Hall–Kier alpha value is -2.93. The molecule has 3 rings (SSSR count). The van der Waals surface area contributed by atoms with E-state index in [0.717, 1.165) is 5.56 Å². The molecule has 0 aromatic heterocycles. The minimum Gasteiger partial charge on any atom is -0.483 e. The Labute approximate surface area is 155 Å². The van der Waals surface area contributed by atoms with Crippen LogP contribution in [0, 0.1) is 0 Å². The van der Waals surface area contributed by atoms with E-state index in [1.165, 1.54) is 12.1 Å². The SMILES string of the molecule is C[C@H](NC(=O)COc1ccc(Cl)cc1C(N)=O)c1ccc2c(c1)OCO2. The molecule has 3 N–H and O–H groups in total. The average Bonchev–Trinajstić information content (AvgIpc) is 3.08. The van der Waals surface area contributed by atoms with Crippen LogP contribution in [0.25, 0.3) is 0 Å². The number of carbonyl (C=O) groups excluding carboxylic acids is 2. The number of nitrogens with two attached hydrogens (primary N) is 1. The molecule has 2 aromatic carbocycles. The summed E-state index contributed by atoms with van der Waals surface area (Å²) in [5.74, 6) is 0.495. The number of fused-ring (bicyclic) bond motifs is 1. The molecule has 1 aliphatic heterocycles. The molecule has 0 unspecified atom stereocenters. The minimum atomic E-state index is -0.684. The molecular formula is C18H17ClN2O5. The van der Waals surface area contributed by atoms with Crippen LogP contribution in [0.3, 0.4) is 0 Å². The largest absolute Gasteiger partial charge is 0.483 e. The third-order valence-electron chi connectivity index (χ3n) is 3.84. The van der Waals surface area contributed by atoms with Crippen molar-refractivity contribution in [2.75, 3.05) is 13.4 Å². The molecule has 0 saturated carbocycles. The van der Waals surface area contributed by atoms with E-state index >= 15 is 0 Å². The first kappa shape index (κ1) is 17.9. The van der Waals surface area contributed by atoms with Gasteiger partial charge in [-0.3, -0.25) is 9.59 Å². The molecule has 0 spiro atoms. The molecule has 2 amide bonds. The number of nitrogens with one attached hydrogen (secondary N) is 1. The molecule has 7 nitrogen and oxygen atoms in total. The number of ether oxygens (including phenoxy) is 3. The molecular weight excluding hydrogens is 360 g/mol. The lowest BCUT2D eigenvalue weighted by molar-refractivity contribution is -0.123. The predicted molar refractivity (Wildman–Crippen MR) is 94.6 cm³/mol. The molecule has 136 valence electrons. The fourth-order valence-electron chi connectivity index (χ4n) is 2.51. The topological polar surface area (TPSA) is 99.9 Å². The quantitative estimate of drug-likeness (QED) is 0.806. The monoisotopic (exact) mass is 376 g/mol. The zero-order valence-electron chi connectivity index (χ0n) is 14.0. The van der Waals surface area contributed by atoms with Gasteiger partial charge >= 0.3 is 0 Å². The highest BCUT2D eigenvalue weighted by atomic mass is 35.5. The van der Waals surface area contributed by atoms with Crippen LogP contribution in [0.2, 0.25) is 5.02 Å². The minimum absolute atomic E-state index is 0.120. The van der Waals surface area contributed by atoms with Crippen LogP contribution in [0.5, 0.6) is 17.2 Å². The maximum Gasteiger partial charge on any atom is 0.258 e. The van der Waals surface area contributed by atoms with E-state index in [2.05, 4.69) is 5.32 Å². The first-order valence-corrected chi connectivity index (χ1v) is 8.23. The third kappa shape index (κ3) is 4.00. The second-order valence-electron chi connectivity index (χ2n) is 5.70. The number of amides is 2. The second-order valence-corrected chi connectivity index (χ2v) is 6.13. The van der Waals surface area contributed by atoms with Crippen LogP contribution in [0.1, 0.15) is 28.9 Å². The number of benzene rings is 2. The second kappa shape index (κ2) is 7.53. The molecule has 0 aliphatic carbocycles. The van der Waals surface area contributed by atoms with Crippen LogP contribution in [0.4, 0.5) is 0 Å². The van der Waals surface area contributed by atoms with Gasteiger partial charge in [0.15, 0.2) is 18.1 Å². The Morgan fingerprint density at radius 3 is 2.77 bits per heavy atom. The summed E-state index contributed by atoms with van der Waals surface area (Å²) in [6.45, 7) is 1.76. The van der Waals surface area contributed by atoms with E-state index in [0.29, 0.717) is 16.5 Å². The van der Waals surface area contributed by atoms with Gasteiger partial charge in [-0.2, -0.15) is 0 Å². The summed E-state index contributed by atoms with van der Waals surface area (Å²) in [5, 5.41) is 3.17. The van der Waals surface area contributed by atoms with Gasteiger partial charge in [-0.1, -0.05) is 17.7 Å². The Bertz CT molecular complexity index is 855. The average molecular weight is 377 g/mol. The number of hydrogen-bond donors (Lipinski definition) is 2. The van der Waals surface area contributed by atoms with Crippen molar-refractivity contribution in [1.29, 1.82) is 0 Å².